The summed E-state index contributed by atoms with van der Waals surface area (Å²) in [5.74, 6) is 2.06. The molecule has 5 heteroatoms. The van der Waals surface area contributed by atoms with Crippen molar-refractivity contribution in [3.63, 3.8) is 0 Å². The number of thiocarbonyl (C=S) groups is 1. The summed E-state index contributed by atoms with van der Waals surface area (Å²) in [5.41, 5.74) is 7.89. The van der Waals surface area contributed by atoms with E-state index in [1.807, 2.05) is 18.2 Å². The first-order valence-corrected chi connectivity index (χ1v) is 9.12. The van der Waals surface area contributed by atoms with Crippen molar-refractivity contribution in [1.82, 2.24) is 0 Å². The molecule has 0 aliphatic rings. The lowest BCUT2D eigenvalue weighted by atomic mass is 9.82. The normalized spacial score (nSPS) is 11.1. The van der Waals surface area contributed by atoms with Gasteiger partial charge >= 0.3 is 0 Å². The molecule has 2 N–H and O–H groups in total. The molecule has 2 rings (SSSR count). The fourth-order valence-corrected chi connectivity index (χ4v) is 2.59. The van der Waals surface area contributed by atoms with Gasteiger partial charge in [-0.2, -0.15) is 0 Å². The van der Waals surface area contributed by atoms with Crippen LogP contribution in [0.1, 0.15) is 38.3 Å². The van der Waals surface area contributed by atoms with E-state index in [4.69, 9.17) is 32.2 Å². The highest BCUT2D eigenvalue weighted by molar-refractivity contribution is 7.80. The van der Waals surface area contributed by atoms with Crippen molar-refractivity contribution in [2.45, 2.75) is 32.6 Å². The Kier molecular flexibility index (Phi) is 6.86. The molecular formula is C21H27NO3S. The minimum absolute atomic E-state index is 0.173. The summed E-state index contributed by atoms with van der Waals surface area (Å²) in [7, 11) is 1.60. The highest BCUT2D eigenvalue weighted by Gasteiger charge is 2.17. The van der Waals surface area contributed by atoms with Gasteiger partial charge in [0.25, 0.3) is 0 Å². The van der Waals surface area contributed by atoms with Crippen LogP contribution >= 0.6 is 12.2 Å². The Morgan fingerprint density at radius 2 is 1.65 bits per heavy atom. The lowest BCUT2D eigenvalue weighted by Gasteiger charge is -2.23. The summed E-state index contributed by atoms with van der Waals surface area (Å²) in [6, 6.07) is 13.6. The molecular weight excluding hydrogens is 346 g/mol. The molecule has 0 aliphatic heterocycles. The number of methoxy groups -OCH3 is 1. The number of rotatable bonds is 9. The van der Waals surface area contributed by atoms with E-state index in [-0.39, 0.29) is 5.41 Å². The maximum atomic E-state index is 5.77. The van der Waals surface area contributed by atoms with Crippen molar-refractivity contribution in [3.05, 3.63) is 53.6 Å². The van der Waals surface area contributed by atoms with Crippen molar-refractivity contribution in [2.24, 2.45) is 5.73 Å². The van der Waals surface area contributed by atoms with Crippen LogP contribution in [0.25, 0.3) is 0 Å². The molecule has 2 aromatic rings. The molecule has 0 aromatic heterocycles. The monoisotopic (exact) mass is 373 g/mol. The number of hydrogen-bond donors (Lipinski definition) is 1. The molecule has 0 saturated carbocycles. The molecule has 0 saturated heterocycles. The molecule has 0 spiro atoms. The molecule has 26 heavy (non-hydrogen) atoms. The van der Waals surface area contributed by atoms with Crippen LogP contribution in [0, 0.1) is 0 Å². The molecule has 0 aliphatic carbocycles. The van der Waals surface area contributed by atoms with E-state index >= 15 is 0 Å². The van der Waals surface area contributed by atoms with Crippen LogP contribution in [-0.2, 0) is 5.41 Å². The van der Waals surface area contributed by atoms with E-state index in [0.717, 1.165) is 17.7 Å². The van der Waals surface area contributed by atoms with E-state index < -0.39 is 0 Å². The third-order valence-electron chi connectivity index (χ3n) is 4.58. The van der Waals surface area contributed by atoms with Crippen LogP contribution in [0.3, 0.4) is 0 Å². The molecule has 0 fully saturated rings. The molecule has 4 nitrogen and oxygen atoms in total. The highest BCUT2D eigenvalue weighted by atomic mass is 32.1. The molecule has 0 heterocycles. The Labute approximate surface area is 161 Å². The van der Waals surface area contributed by atoms with Crippen LogP contribution in [0.2, 0.25) is 0 Å². The average Bonchev–Trinajstić information content (AvgIpc) is 2.65. The van der Waals surface area contributed by atoms with Crippen molar-refractivity contribution in [3.8, 4) is 17.2 Å². The van der Waals surface area contributed by atoms with Gasteiger partial charge < -0.3 is 19.9 Å². The zero-order chi connectivity index (χ0) is 19.2. The van der Waals surface area contributed by atoms with Crippen LogP contribution in [0.4, 0.5) is 0 Å². The zero-order valence-corrected chi connectivity index (χ0v) is 16.7. The van der Waals surface area contributed by atoms with Gasteiger partial charge in [-0.1, -0.05) is 45.1 Å². The summed E-state index contributed by atoms with van der Waals surface area (Å²) < 4.78 is 16.8. The predicted octanol–water partition coefficient (Wildman–Crippen LogP) is 4.47. The largest absolute Gasteiger partial charge is 0.493 e. The van der Waals surface area contributed by atoms with E-state index in [1.165, 1.54) is 5.56 Å². The van der Waals surface area contributed by atoms with Crippen LogP contribution in [0.15, 0.2) is 42.5 Å². The molecule has 140 valence electrons. The number of benzene rings is 2. The summed E-state index contributed by atoms with van der Waals surface area (Å²) >= 11 is 5.00. The second kappa shape index (κ2) is 8.90. The number of ether oxygens (including phenoxy) is 3. The van der Waals surface area contributed by atoms with Crippen LogP contribution < -0.4 is 19.9 Å². The van der Waals surface area contributed by atoms with Crippen molar-refractivity contribution in [1.29, 1.82) is 0 Å². The first kappa shape index (κ1) is 20.0. The van der Waals surface area contributed by atoms with Gasteiger partial charge in [-0.3, -0.25) is 0 Å². The second-order valence-electron chi connectivity index (χ2n) is 6.69. The van der Waals surface area contributed by atoms with Gasteiger partial charge in [0.05, 0.1) is 7.11 Å². The van der Waals surface area contributed by atoms with Gasteiger partial charge in [0.1, 0.15) is 24.0 Å². The first-order valence-electron chi connectivity index (χ1n) is 8.71. The Morgan fingerprint density at radius 1 is 1.00 bits per heavy atom. The molecule has 0 radical (unpaired) electrons. The van der Waals surface area contributed by atoms with Gasteiger partial charge in [-0.05, 0) is 47.7 Å². The SMILES string of the molecule is CCC(C)(C)c1ccc(OCCOc2cc(C(N)=S)ccc2OC)cc1. The third kappa shape index (κ3) is 5.11. The van der Waals surface area contributed by atoms with Gasteiger partial charge in [-0.25, -0.2) is 0 Å². The van der Waals surface area contributed by atoms with Gasteiger partial charge in [0.15, 0.2) is 11.5 Å². The van der Waals surface area contributed by atoms with Gasteiger partial charge in [0, 0.05) is 5.56 Å². The summed E-state index contributed by atoms with van der Waals surface area (Å²) in [6.45, 7) is 7.50. The van der Waals surface area contributed by atoms with E-state index in [0.29, 0.717) is 29.7 Å². The molecule has 0 unspecified atom stereocenters. The minimum atomic E-state index is 0.173. The zero-order valence-electron chi connectivity index (χ0n) is 15.9. The highest BCUT2D eigenvalue weighted by Crippen LogP contribution is 2.29. The van der Waals surface area contributed by atoms with E-state index in [1.54, 1.807) is 19.2 Å². The summed E-state index contributed by atoms with van der Waals surface area (Å²) in [6.07, 6.45) is 1.09. The standard InChI is InChI=1S/C21H27NO3S/c1-5-21(2,3)16-7-9-17(10-8-16)24-12-13-25-19-14-15(20(22)26)6-11-18(19)23-4/h6-11,14H,5,12-13H2,1-4H3,(H2,22,26). The summed E-state index contributed by atoms with van der Waals surface area (Å²) in [4.78, 5) is 0.323. The summed E-state index contributed by atoms with van der Waals surface area (Å²) in [5, 5.41) is 0. The third-order valence-corrected chi connectivity index (χ3v) is 4.81. The Balaban J connectivity index is 1.91. The smallest absolute Gasteiger partial charge is 0.162 e. The lowest BCUT2D eigenvalue weighted by Crippen LogP contribution is -2.15. The van der Waals surface area contributed by atoms with Gasteiger partial charge in [0.2, 0.25) is 0 Å². The fraction of sp³-hybridized carbons (Fsp3) is 0.381. The topological polar surface area (TPSA) is 53.7 Å². The predicted molar refractivity (Wildman–Crippen MR) is 110 cm³/mol. The lowest BCUT2D eigenvalue weighted by molar-refractivity contribution is 0.211. The average molecular weight is 374 g/mol. The maximum Gasteiger partial charge on any atom is 0.162 e. The van der Waals surface area contributed by atoms with Crippen molar-refractivity contribution in [2.75, 3.05) is 20.3 Å². The molecule has 0 atom stereocenters. The second-order valence-corrected chi connectivity index (χ2v) is 7.13. The van der Waals surface area contributed by atoms with E-state index in [2.05, 4.69) is 32.9 Å². The Morgan fingerprint density at radius 3 is 2.23 bits per heavy atom. The van der Waals surface area contributed by atoms with Crippen molar-refractivity contribution >= 4 is 17.2 Å². The first-order chi connectivity index (χ1) is 12.4. The minimum Gasteiger partial charge on any atom is -0.493 e. The Hall–Kier alpha value is -2.27. The fourth-order valence-electron chi connectivity index (χ4n) is 2.46. The number of hydrogen-bond acceptors (Lipinski definition) is 4. The van der Waals surface area contributed by atoms with Gasteiger partial charge in [-0.15, -0.1) is 0 Å². The van der Waals surface area contributed by atoms with Crippen LogP contribution in [0.5, 0.6) is 17.2 Å². The molecule has 0 amide bonds. The van der Waals surface area contributed by atoms with E-state index in [9.17, 15) is 0 Å². The number of nitrogens with two attached hydrogens (primary N) is 1. The Bertz CT molecular complexity index is 741. The molecule has 0 bridgehead atoms. The van der Waals surface area contributed by atoms with Crippen LogP contribution in [-0.4, -0.2) is 25.3 Å². The molecule has 2 aromatic carbocycles. The quantitative estimate of drug-likeness (QED) is 0.519. The maximum absolute atomic E-state index is 5.77. The van der Waals surface area contributed by atoms with Crippen molar-refractivity contribution < 1.29 is 14.2 Å².